The minimum atomic E-state index is -3.59. The zero-order valence-electron chi connectivity index (χ0n) is 11.1. The number of hydrogen-bond acceptors (Lipinski definition) is 6. The molecule has 0 aliphatic rings. The van der Waals surface area contributed by atoms with Crippen LogP contribution in [0.4, 0.5) is 5.69 Å². The third-order valence-corrected chi connectivity index (χ3v) is 4.48. The van der Waals surface area contributed by atoms with Crippen LogP contribution in [-0.4, -0.2) is 25.4 Å². The Kier molecular flexibility index (Phi) is 4.18. The Morgan fingerprint density at radius 3 is 2.48 bits per heavy atom. The predicted octanol–water partition coefficient (Wildman–Crippen LogP) is 1.97. The number of ether oxygens (including phenoxy) is 1. The lowest BCUT2D eigenvalue weighted by Crippen LogP contribution is -2.05. The molecule has 0 atom stereocenters. The van der Waals surface area contributed by atoms with E-state index in [0.29, 0.717) is 11.4 Å². The normalized spacial score (nSPS) is 11.1. The van der Waals surface area contributed by atoms with Crippen LogP contribution in [0.15, 0.2) is 47.5 Å². The number of benzene rings is 1. The molecule has 0 saturated carbocycles. The lowest BCUT2D eigenvalue weighted by Gasteiger charge is -2.06. The van der Waals surface area contributed by atoms with Gasteiger partial charge in [-0.1, -0.05) is 0 Å². The lowest BCUT2D eigenvalue weighted by atomic mass is 10.3. The van der Waals surface area contributed by atoms with E-state index < -0.39 is 14.8 Å². The molecule has 21 heavy (non-hydrogen) atoms. The fourth-order valence-corrected chi connectivity index (χ4v) is 3.07. The number of pyridine rings is 1. The molecule has 2 rings (SSSR count). The summed E-state index contributed by atoms with van der Waals surface area (Å²) >= 11 is 0. The van der Waals surface area contributed by atoms with Gasteiger partial charge in [-0.3, -0.25) is 10.1 Å². The number of rotatable bonds is 5. The summed E-state index contributed by atoms with van der Waals surface area (Å²) in [5, 5.41) is 10.6. The third kappa shape index (κ3) is 3.54. The molecule has 0 radical (unpaired) electrons. The fraction of sp³-hybridized carbons (Fsp3) is 0.154. The van der Waals surface area contributed by atoms with E-state index in [2.05, 4.69) is 4.98 Å². The number of hydrogen-bond donors (Lipinski definition) is 0. The van der Waals surface area contributed by atoms with Crippen molar-refractivity contribution in [2.75, 3.05) is 7.11 Å². The molecular weight excluding hydrogens is 296 g/mol. The molecule has 0 spiro atoms. The minimum Gasteiger partial charge on any atom is -0.481 e. The van der Waals surface area contributed by atoms with Crippen LogP contribution in [0.2, 0.25) is 0 Å². The van der Waals surface area contributed by atoms with Crippen LogP contribution in [0.5, 0.6) is 5.88 Å². The first-order valence-electron chi connectivity index (χ1n) is 5.88. The van der Waals surface area contributed by atoms with Gasteiger partial charge in [0.15, 0.2) is 9.84 Å². The van der Waals surface area contributed by atoms with Gasteiger partial charge in [0.05, 0.1) is 22.7 Å². The van der Waals surface area contributed by atoms with Crippen LogP contribution in [0.3, 0.4) is 0 Å². The number of sulfone groups is 1. The highest BCUT2D eigenvalue weighted by Crippen LogP contribution is 2.20. The monoisotopic (exact) mass is 308 g/mol. The van der Waals surface area contributed by atoms with E-state index in [1.54, 1.807) is 6.07 Å². The third-order valence-electron chi connectivity index (χ3n) is 2.77. The smallest absolute Gasteiger partial charge is 0.269 e. The molecule has 0 amide bonds. The molecule has 0 unspecified atom stereocenters. The highest BCUT2D eigenvalue weighted by atomic mass is 32.2. The van der Waals surface area contributed by atoms with Crippen molar-refractivity contribution < 1.29 is 18.1 Å². The lowest BCUT2D eigenvalue weighted by molar-refractivity contribution is -0.384. The fourth-order valence-electron chi connectivity index (χ4n) is 1.73. The van der Waals surface area contributed by atoms with Crippen LogP contribution < -0.4 is 4.74 Å². The maximum absolute atomic E-state index is 12.3. The van der Waals surface area contributed by atoms with Crippen molar-refractivity contribution in [3.05, 3.63) is 58.3 Å². The first kappa shape index (κ1) is 14.9. The molecule has 0 aliphatic carbocycles. The first-order valence-corrected chi connectivity index (χ1v) is 7.54. The van der Waals surface area contributed by atoms with Gasteiger partial charge in [0, 0.05) is 24.4 Å². The summed E-state index contributed by atoms with van der Waals surface area (Å²) in [5.41, 5.74) is 0.375. The molecule has 1 aromatic carbocycles. The Morgan fingerprint density at radius 2 is 1.90 bits per heavy atom. The first-order chi connectivity index (χ1) is 9.92. The summed E-state index contributed by atoms with van der Waals surface area (Å²) in [6, 6.07) is 7.90. The average Bonchev–Trinajstić information content (AvgIpc) is 2.47. The van der Waals surface area contributed by atoms with Gasteiger partial charge in [0.1, 0.15) is 0 Å². The topological polar surface area (TPSA) is 99.4 Å². The molecule has 0 aliphatic heterocycles. The number of nitro benzene ring substituents is 1. The second-order valence-electron chi connectivity index (χ2n) is 4.22. The number of nitro groups is 1. The summed E-state index contributed by atoms with van der Waals surface area (Å²) in [7, 11) is -2.15. The molecule has 110 valence electrons. The van der Waals surface area contributed by atoms with E-state index in [4.69, 9.17) is 4.74 Å². The van der Waals surface area contributed by atoms with Gasteiger partial charge in [0.25, 0.3) is 5.69 Å². The van der Waals surface area contributed by atoms with Crippen LogP contribution >= 0.6 is 0 Å². The molecule has 0 fully saturated rings. The highest BCUT2D eigenvalue weighted by molar-refractivity contribution is 7.90. The zero-order valence-corrected chi connectivity index (χ0v) is 11.9. The molecule has 7 nitrogen and oxygen atoms in total. The van der Waals surface area contributed by atoms with E-state index in [9.17, 15) is 18.5 Å². The number of non-ortho nitro benzene ring substituents is 1. The summed E-state index contributed by atoms with van der Waals surface area (Å²) in [5.74, 6) is 0.0929. The SMILES string of the molecule is COc1cc(CS(=O)(=O)c2ccc([N+](=O)[O-])cc2)ccn1. The van der Waals surface area contributed by atoms with Crippen LogP contribution in [0.1, 0.15) is 5.56 Å². The summed E-state index contributed by atoms with van der Waals surface area (Å²) < 4.78 is 29.4. The van der Waals surface area contributed by atoms with E-state index in [0.717, 1.165) is 0 Å². The molecule has 0 bridgehead atoms. The van der Waals surface area contributed by atoms with Crippen LogP contribution in [0.25, 0.3) is 0 Å². The number of nitrogens with zero attached hydrogens (tertiary/aromatic N) is 2. The van der Waals surface area contributed by atoms with Crippen molar-refractivity contribution in [3.8, 4) is 5.88 Å². The molecule has 2 aromatic rings. The zero-order chi connectivity index (χ0) is 15.5. The van der Waals surface area contributed by atoms with Crippen LogP contribution in [0, 0.1) is 10.1 Å². The van der Waals surface area contributed by atoms with E-state index in [-0.39, 0.29) is 16.3 Å². The Bertz CT molecular complexity index is 756. The molecular formula is C13H12N2O5S. The Balaban J connectivity index is 2.27. The van der Waals surface area contributed by atoms with E-state index in [1.807, 2.05) is 0 Å². The van der Waals surface area contributed by atoms with Crippen LogP contribution in [-0.2, 0) is 15.6 Å². The van der Waals surface area contributed by atoms with Gasteiger partial charge in [-0.25, -0.2) is 13.4 Å². The Labute approximate surface area is 121 Å². The Morgan fingerprint density at radius 1 is 1.24 bits per heavy atom. The van der Waals surface area contributed by atoms with E-state index in [1.165, 1.54) is 43.6 Å². The molecule has 8 heteroatoms. The van der Waals surface area contributed by atoms with Crippen molar-refractivity contribution in [3.63, 3.8) is 0 Å². The Hall–Kier alpha value is -2.48. The summed E-state index contributed by atoms with van der Waals surface area (Å²) in [6.45, 7) is 0. The maximum Gasteiger partial charge on any atom is 0.269 e. The molecule has 0 saturated heterocycles. The van der Waals surface area contributed by atoms with Gasteiger partial charge < -0.3 is 4.74 Å². The summed E-state index contributed by atoms with van der Waals surface area (Å²) in [4.78, 5) is 13.9. The van der Waals surface area contributed by atoms with Crippen molar-refractivity contribution in [2.45, 2.75) is 10.6 Å². The average molecular weight is 308 g/mol. The second-order valence-corrected chi connectivity index (χ2v) is 6.21. The standard InChI is InChI=1S/C13H12N2O5S/c1-20-13-8-10(6-7-14-13)9-21(18,19)12-4-2-11(3-5-12)15(16)17/h2-8H,9H2,1H3. The van der Waals surface area contributed by atoms with Gasteiger partial charge in [-0.15, -0.1) is 0 Å². The molecule has 1 heterocycles. The minimum absolute atomic E-state index is 0.0314. The van der Waals surface area contributed by atoms with Gasteiger partial charge in [-0.2, -0.15) is 0 Å². The maximum atomic E-state index is 12.3. The van der Waals surface area contributed by atoms with Crippen molar-refractivity contribution in [1.82, 2.24) is 4.98 Å². The van der Waals surface area contributed by atoms with Gasteiger partial charge >= 0.3 is 0 Å². The highest BCUT2D eigenvalue weighted by Gasteiger charge is 2.17. The number of aromatic nitrogens is 1. The molecule has 1 aromatic heterocycles. The number of methoxy groups -OCH3 is 1. The van der Waals surface area contributed by atoms with Crippen molar-refractivity contribution in [2.24, 2.45) is 0 Å². The van der Waals surface area contributed by atoms with Gasteiger partial charge in [-0.05, 0) is 23.8 Å². The summed E-state index contributed by atoms with van der Waals surface area (Å²) in [6.07, 6.45) is 1.46. The molecule has 0 N–H and O–H groups in total. The quantitative estimate of drug-likeness (QED) is 0.618. The van der Waals surface area contributed by atoms with Crippen molar-refractivity contribution >= 4 is 15.5 Å². The largest absolute Gasteiger partial charge is 0.481 e. The predicted molar refractivity (Wildman–Crippen MR) is 74.8 cm³/mol. The second kappa shape index (κ2) is 5.88. The van der Waals surface area contributed by atoms with Crippen molar-refractivity contribution in [1.29, 1.82) is 0 Å². The van der Waals surface area contributed by atoms with Gasteiger partial charge in [0.2, 0.25) is 5.88 Å². The van der Waals surface area contributed by atoms with E-state index >= 15 is 0 Å².